The molecule has 1 aromatic carbocycles. The predicted octanol–water partition coefficient (Wildman–Crippen LogP) is 1.63. The molecule has 0 bridgehead atoms. The zero-order valence-corrected chi connectivity index (χ0v) is 12.1. The van der Waals surface area contributed by atoms with Gasteiger partial charge in [-0.3, -0.25) is 0 Å². The van der Waals surface area contributed by atoms with Gasteiger partial charge in [0.2, 0.25) is 0 Å². The van der Waals surface area contributed by atoms with E-state index in [9.17, 15) is 4.39 Å². The predicted molar refractivity (Wildman–Crippen MR) is 80.8 cm³/mol. The Bertz CT molecular complexity index is 721. The molecule has 1 aliphatic heterocycles. The second kappa shape index (κ2) is 5.78. The Morgan fingerprint density at radius 3 is 3.00 bits per heavy atom. The van der Waals surface area contributed by atoms with E-state index in [1.54, 1.807) is 18.2 Å². The average molecular weight is 322 g/mol. The number of halogens is 2. The number of fused-ring (bicyclic) bond motifs is 1. The van der Waals surface area contributed by atoms with Crippen LogP contribution in [0.4, 0.5) is 4.39 Å². The van der Waals surface area contributed by atoms with Crippen molar-refractivity contribution in [3.8, 4) is 5.75 Å². The second-order valence-electron chi connectivity index (χ2n) is 4.75. The summed E-state index contributed by atoms with van der Waals surface area (Å²) in [5.41, 5.74) is 4.37. The third-order valence-corrected chi connectivity index (χ3v) is 3.68. The highest BCUT2D eigenvalue weighted by Crippen LogP contribution is 2.38. The summed E-state index contributed by atoms with van der Waals surface area (Å²) in [6.45, 7) is 0. The fourth-order valence-corrected chi connectivity index (χ4v) is 2.52. The summed E-state index contributed by atoms with van der Waals surface area (Å²) in [7, 11) is 0. The highest BCUT2D eigenvalue weighted by Gasteiger charge is 2.27. The Balaban J connectivity index is 1.90. The molecule has 1 aromatic heterocycles. The highest BCUT2D eigenvalue weighted by atomic mass is 35.5. The summed E-state index contributed by atoms with van der Waals surface area (Å²) in [5, 5.41) is 3.60. The van der Waals surface area contributed by atoms with Crippen LogP contribution < -0.4 is 21.8 Å². The molecule has 0 saturated carbocycles. The van der Waals surface area contributed by atoms with Crippen LogP contribution in [0, 0.1) is 5.82 Å². The lowest BCUT2D eigenvalue weighted by molar-refractivity contribution is 0.232. The maximum Gasteiger partial charge on any atom is 0.185 e. The molecule has 0 fully saturated rings. The van der Waals surface area contributed by atoms with E-state index in [0.717, 1.165) is 5.56 Å². The van der Waals surface area contributed by atoms with Gasteiger partial charge in [-0.2, -0.15) is 5.10 Å². The van der Waals surface area contributed by atoms with Gasteiger partial charge < -0.3 is 16.0 Å². The van der Waals surface area contributed by atoms with Crippen molar-refractivity contribution >= 4 is 17.4 Å². The number of hydrazone groups is 1. The number of hydrazine groups is 1. The first-order valence-electron chi connectivity index (χ1n) is 6.48. The van der Waals surface area contributed by atoms with Crippen molar-refractivity contribution in [2.24, 2.45) is 16.8 Å². The lowest BCUT2D eigenvalue weighted by Crippen LogP contribution is -2.33. The van der Waals surface area contributed by atoms with Gasteiger partial charge in [-0.1, -0.05) is 17.7 Å². The quantitative estimate of drug-likeness (QED) is 0.338. The normalized spacial score (nSPS) is 17.0. The number of benzene rings is 1. The summed E-state index contributed by atoms with van der Waals surface area (Å²) in [5.74, 6) is 10.8. The number of ether oxygens (including phenoxy) is 1. The molecule has 1 aliphatic rings. The van der Waals surface area contributed by atoms with Crippen LogP contribution in [0.25, 0.3) is 0 Å². The van der Waals surface area contributed by atoms with Gasteiger partial charge in [0.1, 0.15) is 23.4 Å². The Kier molecular flexibility index (Phi) is 3.82. The molecule has 1 unspecified atom stereocenters. The Morgan fingerprint density at radius 1 is 1.45 bits per heavy atom. The maximum atomic E-state index is 13.5. The number of aromatic nitrogens is 1. The van der Waals surface area contributed by atoms with Gasteiger partial charge in [-0.25, -0.2) is 15.2 Å². The molecule has 0 amide bonds. The SMILES string of the molecule is N/N=C(\NN)c1cccc(C2Cc3cc(Cl)c(F)cc3O2)n1. The summed E-state index contributed by atoms with van der Waals surface area (Å²) in [6.07, 6.45) is 0.223. The van der Waals surface area contributed by atoms with Crippen molar-refractivity contribution in [1.29, 1.82) is 0 Å². The number of nitrogens with two attached hydrogens (primary N) is 2. The Morgan fingerprint density at radius 2 is 2.27 bits per heavy atom. The monoisotopic (exact) mass is 321 g/mol. The van der Waals surface area contributed by atoms with Crippen molar-refractivity contribution in [3.63, 3.8) is 0 Å². The third kappa shape index (κ3) is 2.56. The van der Waals surface area contributed by atoms with Crippen molar-refractivity contribution in [2.75, 3.05) is 0 Å². The molecule has 0 spiro atoms. The van der Waals surface area contributed by atoms with E-state index < -0.39 is 5.82 Å². The maximum absolute atomic E-state index is 13.5. The zero-order valence-electron chi connectivity index (χ0n) is 11.4. The summed E-state index contributed by atoms with van der Waals surface area (Å²) in [6, 6.07) is 8.18. The fraction of sp³-hybridized carbons (Fsp3) is 0.143. The van der Waals surface area contributed by atoms with Crippen LogP contribution in [0.2, 0.25) is 5.02 Å². The van der Waals surface area contributed by atoms with Crippen LogP contribution in [0.3, 0.4) is 0 Å². The average Bonchev–Trinajstić information content (AvgIpc) is 2.92. The zero-order chi connectivity index (χ0) is 15.7. The molecule has 8 heteroatoms. The van der Waals surface area contributed by atoms with Crippen molar-refractivity contribution < 1.29 is 9.13 Å². The summed E-state index contributed by atoms with van der Waals surface area (Å²) < 4.78 is 19.2. The molecular weight excluding hydrogens is 309 g/mol. The van der Waals surface area contributed by atoms with Gasteiger partial charge in [0.05, 0.1) is 10.7 Å². The van der Waals surface area contributed by atoms with Crippen molar-refractivity contribution in [3.05, 3.63) is 58.1 Å². The lowest BCUT2D eigenvalue weighted by atomic mass is 10.1. The van der Waals surface area contributed by atoms with E-state index in [1.807, 2.05) is 6.07 Å². The van der Waals surface area contributed by atoms with Crippen LogP contribution in [-0.2, 0) is 6.42 Å². The lowest BCUT2D eigenvalue weighted by Gasteiger charge is -2.11. The van der Waals surface area contributed by atoms with Crippen LogP contribution in [0.1, 0.15) is 23.1 Å². The van der Waals surface area contributed by atoms with Gasteiger partial charge in [0.25, 0.3) is 0 Å². The van der Waals surface area contributed by atoms with E-state index in [2.05, 4.69) is 15.5 Å². The molecule has 2 heterocycles. The molecule has 0 saturated heterocycles. The molecule has 1 atom stereocenters. The fourth-order valence-electron chi connectivity index (χ4n) is 2.34. The first-order valence-corrected chi connectivity index (χ1v) is 6.86. The number of pyridine rings is 1. The van der Waals surface area contributed by atoms with E-state index in [4.69, 9.17) is 28.0 Å². The molecule has 114 valence electrons. The van der Waals surface area contributed by atoms with E-state index in [1.165, 1.54) is 6.07 Å². The summed E-state index contributed by atoms with van der Waals surface area (Å²) >= 11 is 5.79. The third-order valence-electron chi connectivity index (χ3n) is 3.39. The van der Waals surface area contributed by atoms with Gasteiger partial charge >= 0.3 is 0 Å². The molecule has 6 nitrogen and oxygen atoms in total. The second-order valence-corrected chi connectivity index (χ2v) is 5.16. The van der Waals surface area contributed by atoms with Gasteiger partial charge in [-0.15, -0.1) is 0 Å². The molecule has 3 rings (SSSR count). The van der Waals surface area contributed by atoms with Crippen LogP contribution in [0.5, 0.6) is 5.75 Å². The number of rotatable bonds is 2. The van der Waals surface area contributed by atoms with Gasteiger partial charge in [0.15, 0.2) is 5.84 Å². The topological polar surface area (TPSA) is 98.5 Å². The summed E-state index contributed by atoms with van der Waals surface area (Å²) in [4.78, 5) is 4.42. The van der Waals surface area contributed by atoms with Gasteiger partial charge in [-0.05, 0) is 23.8 Å². The Hall–Kier alpha value is -2.38. The number of nitrogens with zero attached hydrogens (tertiary/aromatic N) is 2. The van der Waals surface area contributed by atoms with Crippen molar-refractivity contribution in [1.82, 2.24) is 10.4 Å². The molecule has 22 heavy (non-hydrogen) atoms. The van der Waals surface area contributed by atoms with Crippen LogP contribution in [0.15, 0.2) is 35.4 Å². The standard InChI is InChI=1S/C14H13ClFN5O/c15-8-4-7-5-13(22-12(7)6-9(8)16)10-2-1-3-11(19-10)14(20-17)21-18/h1-4,6,13H,5,17-18H2,(H,20,21). The minimum Gasteiger partial charge on any atom is -0.483 e. The number of hydrogen-bond acceptors (Lipinski definition) is 5. The molecule has 0 aliphatic carbocycles. The first kappa shape index (κ1) is 14.6. The first-order chi connectivity index (χ1) is 10.6. The molecule has 5 N–H and O–H groups in total. The largest absolute Gasteiger partial charge is 0.483 e. The van der Waals surface area contributed by atoms with Crippen molar-refractivity contribution in [2.45, 2.75) is 12.5 Å². The minimum absolute atomic E-state index is 0.0783. The number of amidine groups is 1. The van der Waals surface area contributed by atoms with E-state index in [0.29, 0.717) is 23.6 Å². The number of nitrogens with one attached hydrogen (secondary N) is 1. The molecular formula is C14H13ClFN5O. The van der Waals surface area contributed by atoms with Crippen LogP contribution in [-0.4, -0.2) is 10.8 Å². The van der Waals surface area contributed by atoms with E-state index in [-0.39, 0.29) is 17.0 Å². The smallest absolute Gasteiger partial charge is 0.185 e. The molecule has 0 radical (unpaired) electrons. The number of hydrogen-bond donors (Lipinski definition) is 3. The highest BCUT2D eigenvalue weighted by molar-refractivity contribution is 6.30. The minimum atomic E-state index is -0.507. The molecule has 2 aromatic rings. The Labute approximate surface area is 130 Å². The van der Waals surface area contributed by atoms with Gasteiger partial charge in [0, 0.05) is 12.5 Å². The van der Waals surface area contributed by atoms with Crippen LogP contribution >= 0.6 is 11.6 Å². The van der Waals surface area contributed by atoms with E-state index >= 15 is 0 Å².